The van der Waals surface area contributed by atoms with Gasteiger partial charge in [-0.1, -0.05) is 6.08 Å². The average Bonchev–Trinajstić information content (AvgIpc) is 2.96. The lowest BCUT2D eigenvalue weighted by Gasteiger charge is -2.32. The molecule has 0 saturated heterocycles. The third-order valence-corrected chi connectivity index (χ3v) is 4.47. The number of halogens is 5. The number of hydrogen-bond donors (Lipinski definition) is 0. The minimum absolute atomic E-state index is 0.304. The lowest BCUT2D eigenvalue weighted by Crippen LogP contribution is -2.28. The Hall–Kier alpha value is -3.36. The first-order valence-electron chi connectivity index (χ1n) is 8.56. The number of anilines is 1. The van der Waals surface area contributed by atoms with E-state index in [1.165, 1.54) is 24.3 Å². The predicted octanol–water partition coefficient (Wildman–Crippen LogP) is 5.61. The number of allylic oxidation sites excluding steroid dienone is 2. The van der Waals surface area contributed by atoms with Crippen LogP contribution in [0, 0.1) is 18.6 Å². The van der Waals surface area contributed by atoms with E-state index >= 15 is 0 Å². The van der Waals surface area contributed by atoms with Gasteiger partial charge in [0.2, 0.25) is 0 Å². The molecule has 1 aliphatic heterocycles. The van der Waals surface area contributed by atoms with Crippen LogP contribution in [-0.4, -0.2) is 15.9 Å². The molecule has 1 atom stereocenters. The Morgan fingerprint density at radius 1 is 1.00 bits per heavy atom. The molecule has 3 aromatic rings. The van der Waals surface area contributed by atoms with E-state index in [-0.39, 0.29) is 5.75 Å². The van der Waals surface area contributed by atoms with Crippen molar-refractivity contribution in [3.63, 3.8) is 0 Å². The molecular formula is C20H14F5N3O. The number of ether oxygens (including phenoxy) is 1. The monoisotopic (exact) mass is 407 g/mol. The summed E-state index contributed by atoms with van der Waals surface area (Å²) in [5, 5.41) is 0. The van der Waals surface area contributed by atoms with Crippen LogP contribution in [0.5, 0.6) is 5.75 Å². The lowest BCUT2D eigenvalue weighted by atomic mass is 10.2. The number of aromatic nitrogens is 2. The standard InChI is InChI=1S/C20H14F5N3O/c1-12-26-17-10-15(21)16(22)11-18(17)28(12)19-4-2-3-9-27(19)13-5-7-14(8-6-13)29-20(23,24)25/h2-11,19H,1H3. The van der Waals surface area contributed by atoms with Crippen molar-refractivity contribution in [1.29, 1.82) is 0 Å². The van der Waals surface area contributed by atoms with Gasteiger partial charge in [-0.15, -0.1) is 13.2 Å². The minimum Gasteiger partial charge on any atom is -0.406 e. The van der Waals surface area contributed by atoms with Crippen LogP contribution >= 0.6 is 0 Å². The molecule has 29 heavy (non-hydrogen) atoms. The van der Waals surface area contributed by atoms with Crippen molar-refractivity contribution in [2.75, 3.05) is 4.90 Å². The molecule has 0 amide bonds. The smallest absolute Gasteiger partial charge is 0.406 e. The first kappa shape index (κ1) is 19.0. The van der Waals surface area contributed by atoms with Gasteiger partial charge in [0.1, 0.15) is 17.7 Å². The molecule has 0 radical (unpaired) electrons. The summed E-state index contributed by atoms with van der Waals surface area (Å²) in [6, 6.07) is 7.48. The van der Waals surface area contributed by atoms with Crippen LogP contribution in [0.4, 0.5) is 27.6 Å². The van der Waals surface area contributed by atoms with E-state index in [1.54, 1.807) is 34.7 Å². The molecule has 150 valence electrons. The Balaban J connectivity index is 1.74. The summed E-state index contributed by atoms with van der Waals surface area (Å²) in [4.78, 5) is 6.07. The Bertz CT molecular complexity index is 1120. The maximum atomic E-state index is 13.8. The molecule has 1 aromatic heterocycles. The summed E-state index contributed by atoms with van der Waals surface area (Å²) in [5.74, 6) is -1.79. The van der Waals surface area contributed by atoms with Gasteiger partial charge in [-0.3, -0.25) is 0 Å². The maximum absolute atomic E-state index is 13.8. The predicted molar refractivity (Wildman–Crippen MR) is 97.3 cm³/mol. The van der Waals surface area contributed by atoms with Gasteiger partial charge in [-0.2, -0.15) is 0 Å². The number of alkyl halides is 3. The number of rotatable bonds is 3. The van der Waals surface area contributed by atoms with Crippen molar-refractivity contribution in [3.8, 4) is 5.75 Å². The Kier molecular flexibility index (Phi) is 4.52. The second-order valence-electron chi connectivity index (χ2n) is 6.37. The molecule has 0 saturated carbocycles. The van der Waals surface area contributed by atoms with E-state index in [9.17, 15) is 22.0 Å². The van der Waals surface area contributed by atoms with E-state index in [1.807, 2.05) is 6.08 Å². The van der Waals surface area contributed by atoms with E-state index in [0.29, 0.717) is 22.5 Å². The second-order valence-corrected chi connectivity index (χ2v) is 6.37. The summed E-state index contributed by atoms with van der Waals surface area (Å²) in [6.07, 6.45) is 1.83. The fourth-order valence-corrected chi connectivity index (χ4v) is 3.30. The Labute approximate surface area is 162 Å². The number of aryl methyl sites for hydroxylation is 1. The van der Waals surface area contributed by atoms with Gasteiger partial charge in [0.05, 0.1) is 11.0 Å². The maximum Gasteiger partial charge on any atom is 0.573 e. The summed E-state index contributed by atoms with van der Waals surface area (Å²) in [7, 11) is 0. The zero-order valence-electron chi connectivity index (χ0n) is 15.0. The highest BCUT2D eigenvalue weighted by molar-refractivity contribution is 5.77. The number of fused-ring (bicyclic) bond motifs is 1. The minimum atomic E-state index is -4.77. The van der Waals surface area contributed by atoms with Crippen LogP contribution in [-0.2, 0) is 0 Å². The zero-order valence-corrected chi connectivity index (χ0v) is 15.0. The number of nitrogens with zero attached hydrogens (tertiary/aromatic N) is 3. The molecule has 9 heteroatoms. The molecule has 0 bridgehead atoms. The van der Waals surface area contributed by atoms with Gasteiger partial charge >= 0.3 is 6.36 Å². The van der Waals surface area contributed by atoms with Crippen molar-refractivity contribution < 1.29 is 26.7 Å². The number of benzene rings is 2. The van der Waals surface area contributed by atoms with Crippen LogP contribution in [0.15, 0.2) is 60.8 Å². The van der Waals surface area contributed by atoms with E-state index in [2.05, 4.69) is 9.72 Å². The molecular weight excluding hydrogens is 393 g/mol. The van der Waals surface area contributed by atoms with Crippen molar-refractivity contribution in [3.05, 3.63) is 78.3 Å². The number of hydrogen-bond acceptors (Lipinski definition) is 3. The largest absolute Gasteiger partial charge is 0.573 e. The summed E-state index contributed by atoms with van der Waals surface area (Å²) < 4.78 is 70.2. The van der Waals surface area contributed by atoms with Crippen LogP contribution in [0.2, 0.25) is 0 Å². The molecule has 0 spiro atoms. The van der Waals surface area contributed by atoms with Crippen molar-refractivity contribution in [2.45, 2.75) is 19.5 Å². The molecule has 0 N–H and O–H groups in total. The second kappa shape index (κ2) is 6.91. The first-order chi connectivity index (χ1) is 13.7. The lowest BCUT2D eigenvalue weighted by molar-refractivity contribution is -0.274. The SMILES string of the molecule is Cc1nc2cc(F)c(F)cc2n1C1C=CC=CN1c1ccc(OC(F)(F)F)cc1. The summed E-state index contributed by atoms with van der Waals surface area (Å²) >= 11 is 0. The average molecular weight is 407 g/mol. The Morgan fingerprint density at radius 3 is 2.38 bits per heavy atom. The van der Waals surface area contributed by atoms with Gasteiger partial charge in [-0.05, 0) is 43.3 Å². The molecule has 2 heterocycles. The van der Waals surface area contributed by atoms with Crippen molar-refractivity contribution >= 4 is 16.7 Å². The van der Waals surface area contributed by atoms with Crippen LogP contribution in [0.1, 0.15) is 12.0 Å². The molecule has 4 rings (SSSR count). The topological polar surface area (TPSA) is 30.3 Å². The highest BCUT2D eigenvalue weighted by Crippen LogP contribution is 2.33. The normalized spacial score (nSPS) is 16.6. The van der Waals surface area contributed by atoms with E-state index in [4.69, 9.17) is 0 Å². The van der Waals surface area contributed by atoms with Gasteiger partial charge in [0.25, 0.3) is 0 Å². The number of imidazole rings is 1. The van der Waals surface area contributed by atoms with E-state index in [0.717, 1.165) is 12.1 Å². The van der Waals surface area contributed by atoms with Gasteiger partial charge < -0.3 is 14.2 Å². The Morgan fingerprint density at radius 2 is 1.69 bits per heavy atom. The zero-order chi connectivity index (χ0) is 20.8. The first-order valence-corrected chi connectivity index (χ1v) is 8.56. The third-order valence-electron chi connectivity index (χ3n) is 4.47. The fraction of sp³-hybridized carbons (Fsp3) is 0.150. The quantitative estimate of drug-likeness (QED) is 0.529. The van der Waals surface area contributed by atoms with E-state index < -0.39 is 24.2 Å². The third kappa shape index (κ3) is 3.67. The van der Waals surface area contributed by atoms with Crippen LogP contribution in [0.25, 0.3) is 11.0 Å². The van der Waals surface area contributed by atoms with Crippen LogP contribution < -0.4 is 9.64 Å². The molecule has 0 fully saturated rings. The molecule has 1 aliphatic rings. The van der Waals surface area contributed by atoms with Gasteiger partial charge in [0, 0.05) is 24.0 Å². The highest BCUT2D eigenvalue weighted by atomic mass is 19.4. The van der Waals surface area contributed by atoms with Crippen molar-refractivity contribution in [2.24, 2.45) is 0 Å². The van der Waals surface area contributed by atoms with Gasteiger partial charge in [0.15, 0.2) is 11.6 Å². The summed E-state index contributed by atoms with van der Waals surface area (Å²) in [5.41, 5.74) is 1.28. The van der Waals surface area contributed by atoms with Crippen LogP contribution in [0.3, 0.4) is 0 Å². The fourth-order valence-electron chi connectivity index (χ4n) is 3.30. The van der Waals surface area contributed by atoms with Crippen molar-refractivity contribution in [1.82, 2.24) is 9.55 Å². The molecule has 0 aliphatic carbocycles. The summed E-state index contributed by atoms with van der Waals surface area (Å²) in [6.45, 7) is 1.71. The van der Waals surface area contributed by atoms with Gasteiger partial charge in [-0.25, -0.2) is 13.8 Å². The molecule has 2 aromatic carbocycles. The molecule has 4 nitrogen and oxygen atoms in total. The molecule has 1 unspecified atom stereocenters. The highest BCUT2D eigenvalue weighted by Gasteiger charge is 2.31.